The number of Topliss-reactive ketones (excluding diaryl/α,β-unsaturated/α-hetero) is 1. The van der Waals surface area contributed by atoms with Gasteiger partial charge in [-0.1, -0.05) is 74.5 Å². The van der Waals surface area contributed by atoms with Crippen molar-refractivity contribution < 1.29 is 23.9 Å². The molecular weight excluding hydrogens is 735 g/mol. The summed E-state index contributed by atoms with van der Waals surface area (Å²) in [5, 5.41) is 10.8. The van der Waals surface area contributed by atoms with E-state index in [4.69, 9.17) is 4.74 Å². The number of hydrazine groups is 1. The van der Waals surface area contributed by atoms with Gasteiger partial charge in [-0.2, -0.15) is 0 Å². The summed E-state index contributed by atoms with van der Waals surface area (Å²) in [6.07, 6.45) is 5.49. The predicted molar refractivity (Wildman–Crippen MR) is 215 cm³/mol. The van der Waals surface area contributed by atoms with Gasteiger partial charge in [0, 0.05) is 50.1 Å². The summed E-state index contributed by atoms with van der Waals surface area (Å²) in [4.78, 5) is 65.2. The molecule has 1 saturated heterocycles. The van der Waals surface area contributed by atoms with Crippen molar-refractivity contribution in [2.75, 3.05) is 20.1 Å². The summed E-state index contributed by atoms with van der Waals surface area (Å²) in [6, 6.07) is 18.2. The van der Waals surface area contributed by atoms with Crippen LogP contribution in [0.1, 0.15) is 85.0 Å². The third-order valence-corrected chi connectivity index (χ3v) is 11.5. The molecule has 3 atom stereocenters. The minimum Gasteiger partial charge on any atom is -0.444 e. The zero-order valence-corrected chi connectivity index (χ0v) is 33.6. The Morgan fingerprint density at radius 2 is 1.58 bits per heavy atom. The van der Waals surface area contributed by atoms with E-state index in [1.54, 1.807) is 30.1 Å². The molecule has 0 spiro atoms. The number of thiazole rings is 2. The molecule has 3 N–H and O–H groups in total. The monoisotopic (exact) mass is 787 g/mol. The molecule has 2 aromatic carbocycles. The maximum Gasteiger partial charge on any atom is 0.407 e. The van der Waals surface area contributed by atoms with E-state index in [1.165, 1.54) is 16.2 Å². The fourth-order valence-corrected chi connectivity index (χ4v) is 7.92. The highest BCUT2D eigenvalue weighted by Crippen LogP contribution is 2.23. The number of amides is 4. The minimum atomic E-state index is -1.03. The summed E-state index contributed by atoms with van der Waals surface area (Å²) in [6.45, 7) is 6.06. The number of ketones is 1. The number of rotatable bonds is 20. The van der Waals surface area contributed by atoms with Crippen LogP contribution in [0.2, 0.25) is 0 Å². The van der Waals surface area contributed by atoms with Crippen LogP contribution in [0, 0.1) is 5.92 Å². The number of ether oxygens (including phenoxy) is 1. The first-order valence-corrected chi connectivity index (χ1v) is 20.8. The van der Waals surface area contributed by atoms with Gasteiger partial charge in [0.15, 0.2) is 5.78 Å². The number of carbonyl (C=O) groups is 4. The molecule has 4 aromatic rings. The molecule has 0 radical (unpaired) electrons. The molecule has 0 bridgehead atoms. The smallest absolute Gasteiger partial charge is 0.407 e. The lowest BCUT2D eigenvalue weighted by atomic mass is 9.86. The van der Waals surface area contributed by atoms with E-state index >= 15 is 0 Å². The fourth-order valence-electron chi connectivity index (χ4n) is 6.59. The Morgan fingerprint density at radius 1 is 0.891 bits per heavy atom. The standard InChI is InChI=1S/C41H53N7O5S2/c1-29(2)39-43-34(27-54-39)25-47(3)40(51)45-36(23-38(50)46-48-18-10-11-19-48)37(49)22-32(20-30-12-6-4-7-13-30)16-17-33(21-31-14-8-5-9-15-31)44-41(52)53-26-35-24-42-28-55-35/h4-9,12-15,24,27-29,32-33,36H,10-11,16-23,25-26H2,1-3H3,(H,44,52)(H,45,51)(H,46,50). The maximum absolute atomic E-state index is 14.3. The summed E-state index contributed by atoms with van der Waals surface area (Å²) >= 11 is 2.98. The molecule has 0 saturated carbocycles. The van der Waals surface area contributed by atoms with Gasteiger partial charge in [0.1, 0.15) is 6.61 Å². The molecule has 55 heavy (non-hydrogen) atoms. The Hall–Kier alpha value is -4.66. The van der Waals surface area contributed by atoms with E-state index in [0.717, 1.165) is 52.6 Å². The van der Waals surface area contributed by atoms with Crippen molar-refractivity contribution >= 4 is 46.5 Å². The van der Waals surface area contributed by atoms with Crippen LogP contribution in [0.3, 0.4) is 0 Å². The van der Waals surface area contributed by atoms with Gasteiger partial charge in [-0.05, 0) is 55.6 Å². The summed E-state index contributed by atoms with van der Waals surface area (Å²) in [7, 11) is 1.66. The van der Waals surface area contributed by atoms with Gasteiger partial charge < -0.3 is 20.3 Å². The Bertz CT molecular complexity index is 1780. The average Bonchev–Trinajstić information content (AvgIpc) is 3.98. The number of hydrogen-bond donors (Lipinski definition) is 3. The molecule has 5 rings (SSSR count). The van der Waals surface area contributed by atoms with Crippen molar-refractivity contribution in [3.8, 4) is 0 Å². The number of benzene rings is 2. The van der Waals surface area contributed by atoms with Crippen molar-refractivity contribution in [3.05, 3.63) is 104 Å². The van der Waals surface area contributed by atoms with E-state index in [2.05, 4.69) is 39.9 Å². The number of aromatic nitrogens is 2. The molecule has 14 heteroatoms. The van der Waals surface area contributed by atoms with Gasteiger partial charge in [0.25, 0.3) is 0 Å². The highest BCUT2D eigenvalue weighted by atomic mass is 32.1. The van der Waals surface area contributed by atoms with Gasteiger partial charge in [-0.3, -0.25) is 20.0 Å². The molecule has 2 aromatic heterocycles. The van der Waals surface area contributed by atoms with Crippen LogP contribution < -0.4 is 16.1 Å². The predicted octanol–water partition coefficient (Wildman–Crippen LogP) is 6.89. The largest absolute Gasteiger partial charge is 0.444 e. The molecule has 294 valence electrons. The van der Waals surface area contributed by atoms with E-state index in [1.807, 2.05) is 71.1 Å². The molecule has 1 aliphatic heterocycles. The van der Waals surface area contributed by atoms with Gasteiger partial charge in [-0.25, -0.2) is 19.6 Å². The third-order valence-electron chi connectivity index (χ3n) is 9.53. The minimum absolute atomic E-state index is 0.133. The Morgan fingerprint density at radius 3 is 2.22 bits per heavy atom. The van der Waals surface area contributed by atoms with Crippen LogP contribution in [0.15, 0.2) is 77.8 Å². The first-order valence-electron chi connectivity index (χ1n) is 19.0. The highest BCUT2D eigenvalue weighted by Gasteiger charge is 2.29. The van der Waals surface area contributed by atoms with E-state index in [0.29, 0.717) is 25.7 Å². The zero-order valence-electron chi connectivity index (χ0n) is 31.9. The first kappa shape index (κ1) is 41.5. The quantitative estimate of drug-likeness (QED) is 0.0879. The van der Waals surface area contributed by atoms with Crippen molar-refractivity contribution in [1.82, 2.24) is 35.9 Å². The lowest BCUT2D eigenvalue weighted by Gasteiger charge is -2.26. The van der Waals surface area contributed by atoms with E-state index < -0.39 is 18.2 Å². The van der Waals surface area contributed by atoms with Gasteiger partial charge in [0.2, 0.25) is 5.91 Å². The van der Waals surface area contributed by atoms with Gasteiger partial charge >= 0.3 is 12.1 Å². The Balaban J connectivity index is 1.29. The number of urea groups is 1. The second-order valence-electron chi connectivity index (χ2n) is 14.5. The van der Waals surface area contributed by atoms with Crippen LogP contribution in [0.25, 0.3) is 0 Å². The summed E-state index contributed by atoms with van der Waals surface area (Å²) < 4.78 is 5.52. The molecule has 0 aliphatic carbocycles. The van der Waals surface area contributed by atoms with Crippen LogP contribution in [-0.2, 0) is 40.3 Å². The highest BCUT2D eigenvalue weighted by molar-refractivity contribution is 7.09. The van der Waals surface area contributed by atoms with Gasteiger partial charge in [0.05, 0.1) is 40.1 Å². The van der Waals surface area contributed by atoms with Crippen LogP contribution in [0.5, 0.6) is 0 Å². The second-order valence-corrected chi connectivity index (χ2v) is 16.4. The molecule has 1 fully saturated rings. The Kier molecular flexibility index (Phi) is 16.2. The molecule has 3 unspecified atom stereocenters. The lowest BCUT2D eigenvalue weighted by molar-refractivity contribution is -0.130. The number of carbonyl (C=O) groups excluding carboxylic acids is 4. The number of nitrogens with one attached hydrogen (secondary N) is 3. The van der Waals surface area contributed by atoms with E-state index in [-0.39, 0.29) is 55.6 Å². The Labute approximate surface area is 332 Å². The fraction of sp³-hybridized carbons (Fsp3) is 0.463. The molecule has 1 aliphatic rings. The molecule has 3 heterocycles. The number of nitrogens with zero attached hydrogens (tertiary/aromatic N) is 4. The van der Waals surface area contributed by atoms with Crippen LogP contribution in [-0.4, -0.2) is 75.9 Å². The third kappa shape index (κ3) is 14.2. The first-order chi connectivity index (χ1) is 26.6. The summed E-state index contributed by atoms with van der Waals surface area (Å²) in [5.74, 6) is -0.379. The van der Waals surface area contributed by atoms with E-state index in [9.17, 15) is 19.2 Å². The normalized spacial score (nSPS) is 14.5. The summed E-state index contributed by atoms with van der Waals surface area (Å²) in [5.41, 5.74) is 7.54. The molecule has 4 amide bonds. The zero-order chi connectivity index (χ0) is 39.0. The SMILES string of the molecule is CC(C)c1nc(CN(C)C(=O)NC(CC(=O)NN2CCCC2)C(=O)CC(CCC(Cc2ccccc2)NC(=O)OCc2cncs2)Cc2ccccc2)cs1. The second kappa shape index (κ2) is 21.4. The number of hydrogen-bond acceptors (Lipinski definition) is 10. The molecule has 12 nitrogen and oxygen atoms in total. The average molecular weight is 788 g/mol. The lowest BCUT2D eigenvalue weighted by Crippen LogP contribution is -2.50. The van der Waals surface area contributed by atoms with Crippen molar-refractivity contribution in [2.24, 2.45) is 5.92 Å². The maximum atomic E-state index is 14.3. The van der Waals surface area contributed by atoms with Crippen LogP contribution >= 0.6 is 22.7 Å². The van der Waals surface area contributed by atoms with Crippen molar-refractivity contribution in [1.29, 1.82) is 0 Å². The topological polar surface area (TPSA) is 146 Å². The van der Waals surface area contributed by atoms with Crippen LogP contribution in [0.4, 0.5) is 9.59 Å². The number of alkyl carbamates (subject to hydrolysis) is 1. The van der Waals surface area contributed by atoms with Crippen molar-refractivity contribution in [2.45, 2.75) is 96.4 Å². The molecular formula is C41H53N7O5S2. The van der Waals surface area contributed by atoms with Gasteiger partial charge in [-0.15, -0.1) is 22.7 Å². The van der Waals surface area contributed by atoms with Crippen molar-refractivity contribution in [3.63, 3.8) is 0 Å².